The zero-order valence-corrected chi connectivity index (χ0v) is 14.0. The van der Waals surface area contributed by atoms with Crippen molar-refractivity contribution in [2.75, 3.05) is 5.73 Å². The van der Waals surface area contributed by atoms with Gasteiger partial charge in [0.25, 0.3) is 0 Å². The smallest absolute Gasteiger partial charge is 0.0900 e. The minimum atomic E-state index is 0.233. The fourth-order valence-corrected chi connectivity index (χ4v) is 3.54. The molecule has 2 aromatic rings. The average Bonchev–Trinajstić information content (AvgIpc) is 2.72. The van der Waals surface area contributed by atoms with Crippen LogP contribution in [0.1, 0.15) is 34.1 Å². The van der Waals surface area contributed by atoms with E-state index in [1.54, 1.807) is 11.3 Å². The van der Waals surface area contributed by atoms with Gasteiger partial charge in [-0.1, -0.05) is 23.2 Å². The van der Waals surface area contributed by atoms with Crippen molar-refractivity contribution in [2.24, 2.45) is 0 Å². The Labute approximate surface area is 133 Å². The summed E-state index contributed by atoms with van der Waals surface area (Å²) in [5, 5.41) is 5.53. The Morgan fingerprint density at radius 2 is 1.90 bits per heavy atom. The first kappa shape index (κ1) is 15.6. The number of aromatic nitrogens is 1. The molecule has 0 fully saturated rings. The van der Waals surface area contributed by atoms with E-state index in [2.05, 4.69) is 17.2 Å². The van der Waals surface area contributed by atoms with Gasteiger partial charge in [-0.3, -0.25) is 0 Å². The van der Waals surface area contributed by atoms with Crippen molar-refractivity contribution >= 4 is 40.2 Å². The Hall–Kier alpha value is -0.810. The molecule has 0 saturated heterocycles. The predicted octanol–water partition coefficient (Wildman–Crippen LogP) is 4.50. The molecular weight excluding hydrogens is 313 g/mol. The maximum absolute atomic E-state index is 6.03. The zero-order valence-electron chi connectivity index (χ0n) is 11.6. The lowest BCUT2D eigenvalue weighted by molar-refractivity contribution is 0.579. The monoisotopic (exact) mass is 329 g/mol. The molecule has 6 heteroatoms. The van der Waals surface area contributed by atoms with E-state index in [1.807, 2.05) is 26.0 Å². The second-order valence-corrected chi connectivity index (χ2v) is 6.81. The highest BCUT2D eigenvalue weighted by molar-refractivity contribution is 7.11. The van der Waals surface area contributed by atoms with Crippen LogP contribution in [0.5, 0.6) is 0 Å². The van der Waals surface area contributed by atoms with Crippen LogP contribution in [0, 0.1) is 13.8 Å². The molecule has 0 aliphatic carbocycles. The molecule has 1 aromatic carbocycles. The molecule has 0 amide bonds. The summed E-state index contributed by atoms with van der Waals surface area (Å²) in [7, 11) is 0. The molecule has 0 aliphatic heterocycles. The normalized spacial score (nSPS) is 12.7. The fraction of sp³-hybridized carbons (Fsp3) is 0.357. The van der Waals surface area contributed by atoms with E-state index in [9.17, 15) is 0 Å². The number of aryl methyl sites for hydroxylation is 2. The number of nitrogens with zero attached hydrogens (tertiary/aromatic N) is 1. The summed E-state index contributed by atoms with van der Waals surface area (Å²) in [6.07, 6.45) is 0. The molecule has 1 heterocycles. The number of hydrogen-bond donors (Lipinski definition) is 2. The lowest BCUT2D eigenvalue weighted by Gasteiger charge is -2.14. The molecule has 1 unspecified atom stereocenters. The second-order valence-electron chi connectivity index (χ2n) is 4.76. The zero-order chi connectivity index (χ0) is 14.9. The van der Waals surface area contributed by atoms with Crippen LogP contribution in [0.25, 0.3) is 0 Å². The van der Waals surface area contributed by atoms with Crippen LogP contribution in [0.2, 0.25) is 10.0 Å². The molecule has 0 spiro atoms. The number of nitrogens with two attached hydrogens (primary N) is 1. The van der Waals surface area contributed by atoms with Crippen molar-refractivity contribution in [3.8, 4) is 0 Å². The van der Waals surface area contributed by atoms with Crippen molar-refractivity contribution in [1.82, 2.24) is 10.3 Å². The maximum Gasteiger partial charge on any atom is 0.0900 e. The highest BCUT2D eigenvalue weighted by atomic mass is 35.5. The lowest BCUT2D eigenvalue weighted by Crippen LogP contribution is -2.18. The van der Waals surface area contributed by atoms with Crippen molar-refractivity contribution in [3.63, 3.8) is 0 Å². The van der Waals surface area contributed by atoms with Crippen LogP contribution < -0.4 is 11.1 Å². The third-order valence-electron chi connectivity index (χ3n) is 3.08. The van der Waals surface area contributed by atoms with Crippen molar-refractivity contribution in [3.05, 3.63) is 43.3 Å². The van der Waals surface area contributed by atoms with Gasteiger partial charge in [-0.15, -0.1) is 11.3 Å². The Morgan fingerprint density at radius 1 is 1.30 bits per heavy atom. The van der Waals surface area contributed by atoms with Crippen LogP contribution in [-0.2, 0) is 6.54 Å². The molecule has 20 heavy (non-hydrogen) atoms. The van der Waals surface area contributed by atoms with E-state index in [4.69, 9.17) is 28.9 Å². The number of nitrogens with one attached hydrogen (secondary N) is 1. The van der Waals surface area contributed by atoms with Gasteiger partial charge in [-0.25, -0.2) is 4.98 Å². The summed E-state index contributed by atoms with van der Waals surface area (Å²) in [6, 6.07) is 3.91. The van der Waals surface area contributed by atoms with Gasteiger partial charge in [-0.2, -0.15) is 0 Å². The van der Waals surface area contributed by atoms with E-state index in [-0.39, 0.29) is 6.04 Å². The number of thiazole rings is 1. The Morgan fingerprint density at radius 3 is 2.40 bits per heavy atom. The van der Waals surface area contributed by atoms with Crippen LogP contribution in [0.15, 0.2) is 12.1 Å². The second kappa shape index (κ2) is 6.31. The van der Waals surface area contributed by atoms with E-state index < -0.39 is 0 Å². The topological polar surface area (TPSA) is 50.9 Å². The third-order valence-corrected chi connectivity index (χ3v) is 4.96. The Kier molecular flexibility index (Phi) is 4.91. The molecule has 3 N–H and O–H groups in total. The van der Waals surface area contributed by atoms with Gasteiger partial charge < -0.3 is 11.1 Å². The predicted molar refractivity (Wildman–Crippen MR) is 87.7 cm³/mol. The van der Waals surface area contributed by atoms with E-state index in [0.717, 1.165) is 16.3 Å². The molecular formula is C14H17Cl2N3S. The summed E-state index contributed by atoms with van der Waals surface area (Å²) >= 11 is 13.8. The van der Waals surface area contributed by atoms with Crippen LogP contribution in [0.3, 0.4) is 0 Å². The van der Waals surface area contributed by atoms with Gasteiger partial charge in [0.1, 0.15) is 0 Å². The van der Waals surface area contributed by atoms with Crippen LogP contribution >= 0.6 is 34.5 Å². The van der Waals surface area contributed by atoms with Crippen molar-refractivity contribution in [1.29, 1.82) is 0 Å². The van der Waals surface area contributed by atoms with E-state index in [1.165, 1.54) is 4.88 Å². The van der Waals surface area contributed by atoms with Crippen molar-refractivity contribution < 1.29 is 0 Å². The van der Waals surface area contributed by atoms with Gasteiger partial charge in [0.05, 0.1) is 26.4 Å². The number of hydrogen-bond acceptors (Lipinski definition) is 4. The summed E-state index contributed by atoms with van der Waals surface area (Å²) in [5.74, 6) is 0. The Bertz CT molecular complexity index is 602. The first-order valence-corrected chi connectivity index (χ1v) is 7.86. The Balaban J connectivity index is 2.07. The molecule has 0 aliphatic rings. The van der Waals surface area contributed by atoms with Crippen molar-refractivity contribution in [2.45, 2.75) is 33.4 Å². The standard InChI is InChI=1S/C14H17Cl2N3S/c1-7(14-8(2)19-9(3)20-14)18-6-10-4-11(15)13(17)12(16)5-10/h4-5,7,18H,6,17H2,1-3H3. The van der Waals surface area contributed by atoms with Gasteiger partial charge >= 0.3 is 0 Å². The lowest BCUT2D eigenvalue weighted by atomic mass is 10.1. The number of halogens is 2. The molecule has 0 radical (unpaired) electrons. The van der Waals surface area contributed by atoms with Gasteiger partial charge in [0.2, 0.25) is 0 Å². The molecule has 0 bridgehead atoms. The fourth-order valence-electron chi connectivity index (χ4n) is 2.05. The van der Waals surface area contributed by atoms with Gasteiger partial charge in [0, 0.05) is 17.5 Å². The molecule has 108 valence electrons. The number of rotatable bonds is 4. The number of anilines is 1. The highest BCUT2D eigenvalue weighted by Crippen LogP contribution is 2.29. The molecule has 0 saturated carbocycles. The number of benzene rings is 1. The molecule has 1 atom stereocenters. The summed E-state index contributed by atoms with van der Waals surface area (Å²) in [6.45, 7) is 6.86. The molecule has 2 rings (SSSR count). The average molecular weight is 330 g/mol. The number of nitrogen functional groups attached to an aromatic ring is 1. The largest absolute Gasteiger partial charge is 0.396 e. The minimum absolute atomic E-state index is 0.233. The molecule has 3 nitrogen and oxygen atoms in total. The summed E-state index contributed by atoms with van der Waals surface area (Å²) in [5.41, 5.74) is 8.26. The van der Waals surface area contributed by atoms with Gasteiger partial charge in [-0.05, 0) is 38.5 Å². The minimum Gasteiger partial charge on any atom is -0.396 e. The first-order valence-electron chi connectivity index (χ1n) is 6.29. The van der Waals surface area contributed by atoms with Crippen LogP contribution in [0.4, 0.5) is 5.69 Å². The maximum atomic E-state index is 6.03. The van der Waals surface area contributed by atoms with Gasteiger partial charge in [0.15, 0.2) is 0 Å². The quantitative estimate of drug-likeness (QED) is 0.812. The van der Waals surface area contributed by atoms with E-state index in [0.29, 0.717) is 22.3 Å². The highest BCUT2D eigenvalue weighted by Gasteiger charge is 2.13. The van der Waals surface area contributed by atoms with Crippen LogP contribution in [-0.4, -0.2) is 4.98 Å². The summed E-state index contributed by atoms with van der Waals surface area (Å²) in [4.78, 5) is 5.71. The third kappa shape index (κ3) is 3.44. The SMILES string of the molecule is Cc1nc(C)c(C(C)NCc2cc(Cl)c(N)c(Cl)c2)s1. The summed E-state index contributed by atoms with van der Waals surface area (Å²) < 4.78 is 0. The van der Waals surface area contributed by atoms with E-state index >= 15 is 0 Å². The first-order chi connectivity index (χ1) is 9.38. The molecule has 1 aromatic heterocycles.